The molecule has 1 aliphatic rings. The van der Waals surface area contributed by atoms with E-state index >= 15 is 0 Å². The molecule has 0 aromatic heterocycles. The van der Waals surface area contributed by atoms with Crippen molar-refractivity contribution < 1.29 is 17.9 Å². The molecule has 1 aliphatic heterocycles. The summed E-state index contributed by atoms with van der Waals surface area (Å²) in [7, 11) is -2.14. The number of hydrogen-bond donors (Lipinski definition) is 2. The number of nitrogens with one attached hydrogen (secondary N) is 2. The van der Waals surface area contributed by atoms with E-state index in [1.807, 2.05) is 0 Å². The van der Waals surface area contributed by atoms with E-state index in [0.29, 0.717) is 31.7 Å². The molecule has 2 N–H and O–H groups in total. The smallest absolute Gasteiger partial charge is 0.337 e. The van der Waals surface area contributed by atoms with Gasteiger partial charge in [0.1, 0.15) is 0 Å². The predicted octanol–water partition coefficient (Wildman–Crippen LogP) is -0.287. The highest BCUT2D eigenvalue weighted by Crippen LogP contribution is 2.07. The number of methoxy groups -OCH3 is 1. The SMILES string of the molecule is COC(=O)c1ccc(CNS(=O)(=O)N2CCNCC2)cc1. The monoisotopic (exact) mass is 313 g/mol. The van der Waals surface area contributed by atoms with E-state index in [-0.39, 0.29) is 6.54 Å². The Kier molecular flexibility index (Phi) is 5.29. The average molecular weight is 313 g/mol. The molecular weight excluding hydrogens is 294 g/mol. The number of rotatable bonds is 5. The summed E-state index contributed by atoms with van der Waals surface area (Å²) in [6.45, 7) is 2.45. The third kappa shape index (κ3) is 4.24. The van der Waals surface area contributed by atoms with Crippen LogP contribution < -0.4 is 10.0 Å². The van der Waals surface area contributed by atoms with Crippen LogP contribution in [-0.4, -0.2) is 52.0 Å². The Morgan fingerprint density at radius 3 is 2.48 bits per heavy atom. The minimum Gasteiger partial charge on any atom is -0.465 e. The fourth-order valence-electron chi connectivity index (χ4n) is 2.03. The molecule has 1 aromatic carbocycles. The largest absolute Gasteiger partial charge is 0.465 e. The van der Waals surface area contributed by atoms with E-state index in [2.05, 4.69) is 14.8 Å². The van der Waals surface area contributed by atoms with E-state index in [1.54, 1.807) is 24.3 Å². The number of carbonyl (C=O) groups is 1. The second kappa shape index (κ2) is 6.99. The zero-order valence-electron chi connectivity index (χ0n) is 11.8. The van der Waals surface area contributed by atoms with Gasteiger partial charge in [0.25, 0.3) is 10.2 Å². The molecule has 0 spiro atoms. The maximum Gasteiger partial charge on any atom is 0.337 e. The first-order chi connectivity index (χ1) is 10.0. The van der Waals surface area contributed by atoms with Crippen LogP contribution >= 0.6 is 0 Å². The Bertz CT molecular complexity index is 580. The molecule has 2 rings (SSSR count). The Morgan fingerprint density at radius 1 is 1.29 bits per heavy atom. The lowest BCUT2D eigenvalue weighted by Crippen LogP contribution is -2.50. The van der Waals surface area contributed by atoms with Crippen LogP contribution in [0.2, 0.25) is 0 Å². The molecule has 8 heteroatoms. The summed E-state index contributed by atoms with van der Waals surface area (Å²) in [5, 5.41) is 3.11. The summed E-state index contributed by atoms with van der Waals surface area (Å²) in [6.07, 6.45) is 0. The van der Waals surface area contributed by atoms with Crippen molar-refractivity contribution in [3.05, 3.63) is 35.4 Å². The molecule has 0 aliphatic carbocycles. The third-order valence-electron chi connectivity index (χ3n) is 3.25. The lowest BCUT2D eigenvalue weighted by Gasteiger charge is -2.26. The van der Waals surface area contributed by atoms with E-state index < -0.39 is 16.2 Å². The van der Waals surface area contributed by atoms with Gasteiger partial charge >= 0.3 is 5.97 Å². The number of carbonyl (C=O) groups excluding carboxylic acids is 1. The first-order valence-corrected chi connectivity index (χ1v) is 8.09. The lowest BCUT2D eigenvalue weighted by molar-refractivity contribution is 0.0600. The molecule has 0 radical (unpaired) electrons. The minimum absolute atomic E-state index is 0.188. The first-order valence-electron chi connectivity index (χ1n) is 6.65. The topological polar surface area (TPSA) is 87.7 Å². The van der Waals surface area contributed by atoms with Crippen LogP contribution in [0.25, 0.3) is 0 Å². The van der Waals surface area contributed by atoms with Gasteiger partial charge in [0, 0.05) is 32.7 Å². The quantitative estimate of drug-likeness (QED) is 0.730. The third-order valence-corrected chi connectivity index (χ3v) is 4.80. The minimum atomic E-state index is -3.46. The normalized spacial score (nSPS) is 16.6. The standard InChI is InChI=1S/C13H19N3O4S/c1-20-13(17)12-4-2-11(3-5-12)10-15-21(18,19)16-8-6-14-7-9-16/h2-5,14-15H,6-10H2,1H3. The lowest BCUT2D eigenvalue weighted by atomic mass is 10.1. The van der Waals surface area contributed by atoms with Crippen LogP contribution in [0.5, 0.6) is 0 Å². The fraction of sp³-hybridized carbons (Fsp3) is 0.462. The van der Waals surface area contributed by atoms with Crippen LogP contribution in [0.1, 0.15) is 15.9 Å². The maximum atomic E-state index is 12.1. The van der Waals surface area contributed by atoms with Gasteiger partial charge in [0.2, 0.25) is 0 Å². The van der Waals surface area contributed by atoms with Crippen molar-refractivity contribution in [1.82, 2.24) is 14.3 Å². The van der Waals surface area contributed by atoms with Crippen molar-refractivity contribution in [2.24, 2.45) is 0 Å². The van der Waals surface area contributed by atoms with Crippen LogP contribution in [-0.2, 0) is 21.5 Å². The molecular formula is C13H19N3O4S. The van der Waals surface area contributed by atoms with Gasteiger partial charge in [-0.2, -0.15) is 17.4 Å². The number of benzene rings is 1. The van der Waals surface area contributed by atoms with Gasteiger partial charge < -0.3 is 10.1 Å². The van der Waals surface area contributed by atoms with E-state index in [1.165, 1.54) is 11.4 Å². The molecule has 21 heavy (non-hydrogen) atoms. The number of hydrogen-bond acceptors (Lipinski definition) is 5. The Morgan fingerprint density at radius 2 is 1.90 bits per heavy atom. The molecule has 116 valence electrons. The molecule has 0 amide bonds. The fourth-order valence-corrected chi connectivity index (χ4v) is 3.22. The van der Waals surface area contributed by atoms with Gasteiger partial charge in [0.15, 0.2) is 0 Å². The summed E-state index contributed by atoms with van der Waals surface area (Å²) in [5.74, 6) is -0.414. The van der Waals surface area contributed by atoms with Gasteiger partial charge in [-0.05, 0) is 17.7 Å². The van der Waals surface area contributed by atoms with Gasteiger partial charge in [-0.15, -0.1) is 0 Å². The van der Waals surface area contributed by atoms with Crippen LogP contribution in [0.3, 0.4) is 0 Å². The molecule has 0 atom stereocenters. The van der Waals surface area contributed by atoms with Crippen LogP contribution in [0.4, 0.5) is 0 Å². The summed E-state index contributed by atoms with van der Waals surface area (Å²) >= 11 is 0. The number of nitrogens with zero attached hydrogens (tertiary/aromatic N) is 1. The zero-order valence-corrected chi connectivity index (χ0v) is 12.6. The molecule has 1 saturated heterocycles. The molecule has 1 fully saturated rings. The Hall–Kier alpha value is -1.48. The molecule has 0 unspecified atom stereocenters. The molecule has 0 saturated carbocycles. The van der Waals surface area contributed by atoms with Crippen molar-refractivity contribution in [3.63, 3.8) is 0 Å². The average Bonchev–Trinajstić information content (AvgIpc) is 2.53. The van der Waals surface area contributed by atoms with Crippen molar-refractivity contribution in [1.29, 1.82) is 0 Å². The van der Waals surface area contributed by atoms with Crippen molar-refractivity contribution in [2.45, 2.75) is 6.54 Å². The number of piperazine rings is 1. The highest BCUT2D eigenvalue weighted by Gasteiger charge is 2.22. The van der Waals surface area contributed by atoms with E-state index in [4.69, 9.17) is 0 Å². The number of ether oxygens (including phenoxy) is 1. The summed E-state index contributed by atoms with van der Waals surface area (Å²) in [6, 6.07) is 6.62. The van der Waals surface area contributed by atoms with Gasteiger partial charge in [-0.1, -0.05) is 12.1 Å². The molecule has 1 heterocycles. The van der Waals surface area contributed by atoms with Crippen molar-refractivity contribution in [3.8, 4) is 0 Å². The van der Waals surface area contributed by atoms with Crippen molar-refractivity contribution in [2.75, 3.05) is 33.3 Å². The maximum absolute atomic E-state index is 12.1. The molecule has 1 aromatic rings. The highest BCUT2D eigenvalue weighted by molar-refractivity contribution is 7.87. The Labute approximate surface area is 124 Å². The highest BCUT2D eigenvalue weighted by atomic mass is 32.2. The van der Waals surface area contributed by atoms with Crippen molar-refractivity contribution >= 4 is 16.2 Å². The second-order valence-corrected chi connectivity index (χ2v) is 6.42. The second-order valence-electron chi connectivity index (χ2n) is 4.66. The molecule has 7 nitrogen and oxygen atoms in total. The van der Waals surface area contributed by atoms with Gasteiger partial charge in [0.05, 0.1) is 12.7 Å². The van der Waals surface area contributed by atoms with E-state index in [0.717, 1.165) is 5.56 Å². The van der Waals surface area contributed by atoms with Crippen LogP contribution in [0, 0.1) is 0 Å². The first kappa shape index (κ1) is 15.9. The zero-order chi connectivity index (χ0) is 15.3. The predicted molar refractivity (Wildman–Crippen MR) is 78.0 cm³/mol. The summed E-state index contributed by atoms with van der Waals surface area (Å²) in [5.41, 5.74) is 1.22. The van der Waals surface area contributed by atoms with Crippen LogP contribution in [0.15, 0.2) is 24.3 Å². The number of esters is 1. The van der Waals surface area contributed by atoms with E-state index in [9.17, 15) is 13.2 Å². The van der Waals surface area contributed by atoms with Gasteiger partial charge in [-0.3, -0.25) is 0 Å². The summed E-state index contributed by atoms with van der Waals surface area (Å²) < 4.78 is 32.8. The molecule has 0 bridgehead atoms. The Balaban J connectivity index is 1.94. The summed E-state index contributed by atoms with van der Waals surface area (Å²) in [4.78, 5) is 11.3. The van der Waals surface area contributed by atoms with Gasteiger partial charge in [-0.25, -0.2) is 4.79 Å².